The first-order valence-electron chi connectivity index (χ1n) is 11.1. The highest BCUT2D eigenvalue weighted by Crippen LogP contribution is 2.22. The molecule has 2 aromatic rings. The van der Waals surface area contributed by atoms with Gasteiger partial charge in [0.2, 0.25) is 0 Å². The summed E-state index contributed by atoms with van der Waals surface area (Å²) >= 11 is 0. The Bertz CT molecular complexity index is 788. The molecule has 2 atom stereocenters. The summed E-state index contributed by atoms with van der Waals surface area (Å²) in [5.41, 5.74) is 4.05. The van der Waals surface area contributed by atoms with E-state index in [1.807, 2.05) is 12.1 Å². The van der Waals surface area contributed by atoms with Crippen LogP contribution in [0.2, 0.25) is 0 Å². The number of aliphatic hydroxyl groups is 1. The number of hydrogen-bond acceptors (Lipinski definition) is 4. The predicted molar refractivity (Wildman–Crippen MR) is 117 cm³/mol. The van der Waals surface area contributed by atoms with Crippen LogP contribution >= 0.6 is 0 Å². The second-order valence-corrected chi connectivity index (χ2v) is 8.62. The number of benzene rings is 2. The van der Waals surface area contributed by atoms with Crippen LogP contribution in [0.3, 0.4) is 0 Å². The van der Waals surface area contributed by atoms with Crippen LogP contribution in [0.25, 0.3) is 0 Å². The maximum absolute atomic E-state index is 10.7. The minimum Gasteiger partial charge on any atom is -0.491 e. The second kappa shape index (κ2) is 9.75. The van der Waals surface area contributed by atoms with E-state index in [2.05, 4.69) is 53.5 Å². The molecule has 2 unspecified atom stereocenters. The highest BCUT2D eigenvalue weighted by atomic mass is 16.5. The molecule has 1 heterocycles. The van der Waals surface area contributed by atoms with Crippen molar-refractivity contribution in [1.82, 2.24) is 10.2 Å². The average Bonchev–Trinajstić information content (AvgIpc) is 3.29. The van der Waals surface area contributed by atoms with Gasteiger partial charge in [0, 0.05) is 31.7 Å². The standard InChI is InChI=1S/C25H34N2O2/c1-19(27-14-13-21-8-2-3-9-22(21)17-27)25(28)18-29-24-12-6-7-20(15-24)16-26-23-10-4-5-11-23/h2-3,6-9,12,15,19,23,25-26,28H,4-5,10-11,13-14,16-18H2,1H3. The van der Waals surface area contributed by atoms with Gasteiger partial charge in [-0.2, -0.15) is 0 Å². The zero-order chi connectivity index (χ0) is 20.1. The summed E-state index contributed by atoms with van der Waals surface area (Å²) in [4.78, 5) is 2.36. The van der Waals surface area contributed by atoms with E-state index in [0.29, 0.717) is 12.6 Å². The molecule has 0 radical (unpaired) electrons. The predicted octanol–water partition coefficient (Wildman–Crippen LogP) is 3.91. The molecule has 156 valence electrons. The Hall–Kier alpha value is -1.88. The second-order valence-electron chi connectivity index (χ2n) is 8.62. The fraction of sp³-hybridized carbons (Fsp3) is 0.520. The molecule has 0 amide bonds. The van der Waals surface area contributed by atoms with Crippen molar-refractivity contribution >= 4 is 0 Å². The maximum Gasteiger partial charge on any atom is 0.119 e. The largest absolute Gasteiger partial charge is 0.491 e. The van der Waals surface area contributed by atoms with Gasteiger partial charge >= 0.3 is 0 Å². The molecular formula is C25H34N2O2. The summed E-state index contributed by atoms with van der Waals surface area (Å²) in [7, 11) is 0. The summed E-state index contributed by atoms with van der Waals surface area (Å²) in [6.45, 7) is 5.19. The number of nitrogens with one attached hydrogen (secondary N) is 1. The van der Waals surface area contributed by atoms with E-state index in [9.17, 15) is 5.11 Å². The minimum absolute atomic E-state index is 0.0653. The Morgan fingerprint density at radius 2 is 1.90 bits per heavy atom. The van der Waals surface area contributed by atoms with Gasteiger partial charge in [0.1, 0.15) is 18.5 Å². The molecule has 0 spiro atoms. The van der Waals surface area contributed by atoms with Crippen LogP contribution in [0.15, 0.2) is 48.5 Å². The molecule has 0 aromatic heterocycles. The van der Waals surface area contributed by atoms with Crippen LogP contribution in [-0.2, 0) is 19.5 Å². The van der Waals surface area contributed by atoms with Crippen molar-refractivity contribution in [2.45, 2.75) is 70.3 Å². The smallest absolute Gasteiger partial charge is 0.119 e. The lowest BCUT2D eigenvalue weighted by atomic mass is 9.98. The first kappa shape index (κ1) is 20.4. The van der Waals surface area contributed by atoms with E-state index in [-0.39, 0.29) is 6.04 Å². The molecule has 1 aliphatic carbocycles. The van der Waals surface area contributed by atoms with Gasteiger partial charge in [-0.3, -0.25) is 4.90 Å². The summed E-state index contributed by atoms with van der Waals surface area (Å²) in [6, 6.07) is 17.6. The Morgan fingerprint density at radius 1 is 1.10 bits per heavy atom. The van der Waals surface area contributed by atoms with Crippen molar-refractivity contribution in [2.24, 2.45) is 0 Å². The van der Waals surface area contributed by atoms with E-state index >= 15 is 0 Å². The Balaban J connectivity index is 1.26. The summed E-state index contributed by atoms with van der Waals surface area (Å²) < 4.78 is 5.96. The number of rotatable bonds is 8. The molecule has 0 bridgehead atoms. The van der Waals surface area contributed by atoms with E-state index < -0.39 is 6.10 Å². The molecule has 0 saturated heterocycles. The quantitative estimate of drug-likeness (QED) is 0.713. The molecule has 4 nitrogen and oxygen atoms in total. The van der Waals surface area contributed by atoms with Gasteiger partial charge in [0.25, 0.3) is 0 Å². The molecule has 29 heavy (non-hydrogen) atoms. The Morgan fingerprint density at radius 3 is 2.72 bits per heavy atom. The molecule has 1 saturated carbocycles. The number of fused-ring (bicyclic) bond motifs is 1. The van der Waals surface area contributed by atoms with Gasteiger partial charge < -0.3 is 15.2 Å². The van der Waals surface area contributed by atoms with Gasteiger partial charge in [-0.15, -0.1) is 0 Å². The summed E-state index contributed by atoms with van der Waals surface area (Å²) in [5.74, 6) is 0.839. The Kier molecular flexibility index (Phi) is 6.86. The fourth-order valence-corrected chi connectivity index (χ4v) is 4.57. The maximum atomic E-state index is 10.7. The number of aliphatic hydroxyl groups excluding tert-OH is 1. The summed E-state index contributed by atoms with van der Waals surface area (Å²) in [5, 5.41) is 14.4. The molecule has 1 fully saturated rings. The van der Waals surface area contributed by atoms with Gasteiger partial charge in [-0.05, 0) is 55.0 Å². The highest BCUT2D eigenvalue weighted by Gasteiger charge is 2.25. The molecule has 4 rings (SSSR count). The third kappa shape index (κ3) is 5.39. The number of nitrogens with zero attached hydrogens (tertiary/aromatic N) is 1. The lowest BCUT2D eigenvalue weighted by Gasteiger charge is -2.36. The van der Waals surface area contributed by atoms with Crippen molar-refractivity contribution < 1.29 is 9.84 Å². The van der Waals surface area contributed by atoms with E-state index in [0.717, 1.165) is 31.8 Å². The van der Waals surface area contributed by atoms with Gasteiger partial charge in [0.15, 0.2) is 0 Å². The van der Waals surface area contributed by atoms with E-state index in [1.165, 1.54) is 42.4 Å². The third-order valence-corrected chi connectivity index (χ3v) is 6.56. The van der Waals surface area contributed by atoms with E-state index in [4.69, 9.17) is 4.74 Å². The third-order valence-electron chi connectivity index (χ3n) is 6.56. The van der Waals surface area contributed by atoms with Crippen LogP contribution in [0.5, 0.6) is 5.75 Å². The Labute approximate surface area is 174 Å². The van der Waals surface area contributed by atoms with Gasteiger partial charge in [-0.25, -0.2) is 0 Å². The molecule has 2 aromatic carbocycles. The van der Waals surface area contributed by atoms with Crippen LogP contribution in [0.4, 0.5) is 0 Å². The minimum atomic E-state index is -0.513. The first-order valence-corrected chi connectivity index (χ1v) is 11.1. The van der Waals surface area contributed by atoms with Crippen molar-refractivity contribution in [1.29, 1.82) is 0 Å². The van der Waals surface area contributed by atoms with Crippen LogP contribution in [0.1, 0.15) is 49.3 Å². The first-order chi connectivity index (χ1) is 14.2. The molecule has 1 aliphatic heterocycles. The zero-order valence-electron chi connectivity index (χ0n) is 17.5. The van der Waals surface area contributed by atoms with Crippen LogP contribution in [0, 0.1) is 0 Å². The number of hydrogen-bond donors (Lipinski definition) is 2. The molecular weight excluding hydrogens is 360 g/mol. The topological polar surface area (TPSA) is 44.7 Å². The van der Waals surface area contributed by atoms with Crippen LogP contribution < -0.4 is 10.1 Å². The van der Waals surface area contributed by atoms with Crippen molar-refractivity contribution in [2.75, 3.05) is 13.2 Å². The van der Waals surface area contributed by atoms with Crippen LogP contribution in [-0.4, -0.2) is 41.3 Å². The van der Waals surface area contributed by atoms with Gasteiger partial charge in [-0.1, -0.05) is 49.2 Å². The normalized spacial score (nSPS) is 19.7. The molecule has 4 heteroatoms. The molecule has 2 aliphatic rings. The van der Waals surface area contributed by atoms with Crippen molar-refractivity contribution in [3.8, 4) is 5.75 Å². The SMILES string of the molecule is CC(C(O)COc1cccc(CNC2CCCC2)c1)N1CCc2ccccc2C1. The fourth-order valence-electron chi connectivity index (χ4n) is 4.57. The van der Waals surface area contributed by atoms with Crippen molar-refractivity contribution in [3.63, 3.8) is 0 Å². The van der Waals surface area contributed by atoms with E-state index in [1.54, 1.807) is 0 Å². The highest BCUT2D eigenvalue weighted by molar-refractivity contribution is 5.30. The lowest BCUT2D eigenvalue weighted by molar-refractivity contribution is 0.0199. The molecule has 2 N–H and O–H groups in total. The van der Waals surface area contributed by atoms with Crippen molar-refractivity contribution in [3.05, 3.63) is 65.2 Å². The number of ether oxygens (including phenoxy) is 1. The zero-order valence-corrected chi connectivity index (χ0v) is 17.5. The summed E-state index contributed by atoms with van der Waals surface area (Å²) in [6.07, 6.45) is 5.81. The van der Waals surface area contributed by atoms with Gasteiger partial charge in [0.05, 0.1) is 0 Å². The lowest BCUT2D eigenvalue weighted by Crippen LogP contribution is -2.46. The monoisotopic (exact) mass is 394 g/mol. The average molecular weight is 395 g/mol.